The molecule has 1 unspecified atom stereocenters. The van der Waals surface area contributed by atoms with Crippen molar-refractivity contribution >= 4 is 5.97 Å². The Morgan fingerprint density at radius 3 is 2.33 bits per heavy atom. The van der Waals surface area contributed by atoms with Crippen LogP contribution in [0, 0.1) is 0 Å². The number of carboxylic acid groups (broad SMARTS) is 1. The van der Waals surface area contributed by atoms with Gasteiger partial charge in [-0.25, -0.2) is 0 Å². The minimum atomic E-state index is -0.723. The zero-order chi connectivity index (χ0) is 15.8. The monoisotopic (exact) mass is 294 g/mol. The van der Waals surface area contributed by atoms with Crippen molar-refractivity contribution in [2.24, 2.45) is 0 Å². The van der Waals surface area contributed by atoms with Crippen molar-refractivity contribution in [1.82, 2.24) is 0 Å². The highest BCUT2D eigenvalue weighted by Gasteiger charge is 1.94. The molecule has 1 atom stereocenters. The lowest BCUT2D eigenvalue weighted by molar-refractivity contribution is -0.137. The van der Waals surface area contributed by atoms with Gasteiger partial charge in [0.2, 0.25) is 0 Å². The van der Waals surface area contributed by atoms with Gasteiger partial charge in [0, 0.05) is 6.42 Å². The molecule has 2 N–H and O–H groups in total. The minimum absolute atomic E-state index is 0.254. The van der Waals surface area contributed by atoms with Crippen LogP contribution in [0.25, 0.3) is 0 Å². The molecule has 0 aromatic heterocycles. The first-order chi connectivity index (χ1) is 10.2. The van der Waals surface area contributed by atoms with Crippen LogP contribution in [0.4, 0.5) is 0 Å². The summed E-state index contributed by atoms with van der Waals surface area (Å²) < 4.78 is 0. The van der Waals surface area contributed by atoms with E-state index in [-0.39, 0.29) is 6.42 Å². The number of rotatable bonds is 13. The minimum Gasteiger partial charge on any atom is -0.481 e. The molecule has 0 aliphatic carbocycles. The lowest BCUT2D eigenvalue weighted by Gasteiger charge is -1.97. The number of hydrogen-bond donors (Lipinski definition) is 2. The largest absolute Gasteiger partial charge is 0.481 e. The Balaban J connectivity index is 3.54. The molecule has 21 heavy (non-hydrogen) atoms. The molecule has 0 aromatic rings. The van der Waals surface area contributed by atoms with Crippen molar-refractivity contribution in [3.8, 4) is 0 Å². The Labute approximate surface area is 129 Å². The fraction of sp³-hybridized carbons (Fsp3) is 0.611. The molecule has 3 nitrogen and oxygen atoms in total. The highest BCUT2D eigenvalue weighted by Crippen LogP contribution is 2.03. The standard InChI is InChI=1S/C18H30O3/c1-2-3-4-8-11-14-17(19)15-12-9-6-5-7-10-13-16-18(20)21/h5-6,11-12,14-15,17,19H,2-4,7-10,13,16H2,1H3,(H,20,21). The van der Waals surface area contributed by atoms with E-state index in [4.69, 9.17) is 5.11 Å². The van der Waals surface area contributed by atoms with Crippen LogP contribution >= 0.6 is 0 Å². The molecule has 0 amide bonds. The summed E-state index contributed by atoms with van der Waals surface area (Å²) in [7, 11) is 0. The molecule has 3 heteroatoms. The number of allylic oxidation sites excluding steroid dienone is 4. The topological polar surface area (TPSA) is 57.5 Å². The second-order valence-corrected chi connectivity index (χ2v) is 5.19. The average Bonchev–Trinajstić information content (AvgIpc) is 2.45. The molecule has 0 heterocycles. The van der Waals surface area contributed by atoms with Gasteiger partial charge in [-0.2, -0.15) is 0 Å². The van der Waals surface area contributed by atoms with Gasteiger partial charge in [0.1, 0.15) is 0 Å². The molecule has 0 aromatic carbocycles. The molecule has 0 fully saturated rings. The molecular formula is C18H30O3. The van der Waals surface area contributed by atoms with E-state index in [1.165, 1.54) is 19.3 Å². The number of carboxylic acids is 1. The quantitative estimate of drug-likeness (QED) is 0.384. The van der Waals surface area contributed by atoms with Gasteiger partial charge in [0.15, 0.2) is 0 Å². The van der Waals surface area contributed by atoms with Crippen LogP contribution in [-0.4, -0.2) is 22.3 Å². The zero-order valence-electron chi connectivity index (χ0n) is 13.2. The Morgan fingerprint density at radius 2 is 1.62 bits per heavy atom. The summed E-state index contributed by atoms with van der Waals surface area (Å²) in [5.41, 5.74) is 0. The van der Waals surface area contributed by atoms with Gasteiger partial charge in [0.25, 0.3) is 0 Å². The number of aliphatic carboxylic acids is 1. The molecule has 120 valence electrons. The fourth-order valence-corrected chi connectivity index (χ4v) is 1.86. The second kappa shape index (κ2) is 15.0. The fourth-order valence-electron chi connectivity index (χ4n) is 1.86. The van der Waals surface area contributed by atoms with Crippen LogP contribution in [0.3, 0.4) is 0 Å². The average molecular weight is 294 g/mol. The van der Waals surface area contributed by atoms with Gasteiger partial charge >= 0.3 is 5.97 Å². The number of carbonyl (C=O) groups is 1. The number of aliphatic hydroxyl groups is 1. The first-order valence-corrected chi connectivity index (χ1v) is 8.05. The van der Waals surface area contributed by atoms with Crippen LogP contribution in [0.15, 0.2) is 36.5 Å². The molecular weight excluding hydrogens is 264 g/mol. The molecule has 0 aliphatic heterocycles. The Hall–Kier alpha value is -1.35. The van der Waals surface area contributed by atoms with E-state index in [0.29, 0.717) is 0 Å². The molecule has 0 rings (SSSR count). The lowest BCUT2D eigenvalue weighted by atomic mass is 10.1. The molecule has 0 spiro atoms. The van der Waals surface area contributed by atoms with E-state index < -0.39 is 12.1 Å². The Morgan fingerprint density at radius 1 is 0.952 bits per heavy atom. The van der Waals surface area contributed by atoms with Crippen LogP contribution in [0.2, 0.25) is 0 Å². The van der Waals surface area contributed by atoms with Crippen molar-refractivity contribution in [3.63, 3.8) is 0 Å². The summed E-state index contributed by atoms with van der Waals surface area (Å²) in [5.74, 6) is -0.723. The van der Waals surface area contributed by atoms with Crippen LogP contribution in [0.1, 0.15) is 64.7 Å². The van der Waals surface area contributed by atoms with Gasteiger partial charge in [0.05, 0.1) is 6.10 Å². The second-order valence-electron chi connectivity index (χ2n) is 5.19. The van der Waals surface area contributed by atoms with Crippen molar-refractivity contribution in [2.75, 3.05) is 0 Å². The third-order valence-electron chi connectivity index (χ3n) is 3.09. The van der Waals surface area contributed by atoms with Crippen LogP contribution in [0.5, 0.6) is 0 Å². The summed E-state index contributed by atoms with van der Waals surface area (Å²) in [6.07, 6.45) is 19.6. The summed E-state index contributed by atoms with van der Waals surface area (Å²) in [4.78, 5) is 10.3. The van der Waals surface area contributed by atoms with E-state index in [9.17, 15) is 9.90 Å². The first kappa shape index (κ1) is 19.7. The Kier molecular flexibility index (Phi) is 14.1. The van der Waals surface area contributed by atoms with E-state index >= 15 is 0 Å². The third kappa shape index (κ3) is 16.6. The summed E-state index contributed by atoms with van der Waals surface area (Å²) in [6.45, 7) is 2.18. The van der Waals surface area contributed by atoms with E-state index in [0.717, 1.165) is 32.1 Å². The van der Waals surface area contributed by atoms with Gasteiger partial charge in [-0.3, -0.25) is 4.79 Å². The van der Waals surface area contributed by atoms with Crippen LogP contribution < -0.4 is 0 Å². The van der Waals surface area contributed by atoms with Gasteiger partial charge in [-0.1, -0.05) is 56.2 Å². The van der Waals surface area contributed by atoms with Gasteiger partial charge < -0.3 is 10.2 Å². The lowest BCUT2D eigenvalue weighted by Crippen LogP contribution is -1.95. The van der Waals surface area contributed by atoms with Gasteiger partial charge in [-0.15, -0.1) is 0 Å². The van der Waals surface area contributed by atoms with E-state index in [1.807, 2.05) is 18.2 Å². The highest BCUT2D eigenvalue weighted by molar-refractivity contribution is 5.66. The predicted molar refractivity (Wildman–Crippen MR) is 88.3 cm³/mol. The zero-order valence-corrected chi connectivity index (χ0v) is 13.2. The predicted octanol–water partition coefficient (Wildman–Crippen LogP) is 4.63. The van der Waals surface area contributed by atoms with E-state index in [2.05, 4.69) is 19.1 Å². The molecule has 0 bridgehead atoms. The maximum atomic E-state index is 10.3. The normalized spacial score (nSPS) is 13.6. The molecule has 0 saturated heterocycles. The number of aliphatic hydroxyl groups excluding tert-OH is 1. The smallest absolute Gasteiger partial charge is 0.303 e. The number of unbranched alkanes of at least 4 members (excludes halogenated alkanes) is 5. The molecule has 0 saturated carbocycles. The highest BCUT2D eigenvalue weighted by atomic mass is 16.4. The molecule has 0 radical (unpaired) electrons. The van der Waals surface area contributed by atoms with E-state index in [1.54, 1.807) is 6.08 Å². The van der Waals surface area contributed by atoms with Gasteiger partial charge in [-0.05, 0) is 38.5 Å². The third-order valence-corrected chi connectivity index (χ3v) is 3.09. The summed E-state index contributed by atoms with van der Waals surface area (Å²) in [5, 5.41) is 18.2. The first-order valence-electron chi connectivity index (χ1n) is 8.05. The Bertz CT molecular complexity index is 329. The van der Waals surface area contributed by atoms with Crippen molar-refractivity contribution in [1.29, 1.82) is 0 Å². The SMILES string of the molecule is CCCCCC=CC(O)C=CCC=CCCCCC(=O)O. The number of hydrogen-bond acceptors (Lipinski definition) is 2. The van der Waals surface area contributed by atoms with Crippen molar-refractivity contribution < 1.29 is 15.0 Å². The maximum absolute atomic E-state index is 10.3. The summed E-state index contributed by atoms with van der Waals surface area (Å²) >= 11 is 0. The maximum Gasteiger partial charge on any atom is 0.303 e. The van der Waals surface area contributed by atoms with Crippen molar-refractivity contribution in [3.05, 3.63) is 36.5 Å². The van der Waals surface area contributed by atoms with Crippen molar-refractivity contribution in [2.45, 2.75) is 70.8 Å². The summed E-state index contributed by atoms with van der Waals surface area (Å²) in [6, 6.07) is 0. The molecule has 0 aliphatic rings. The van der Waals surface area contributed by atoms with Crippen LogP contribution in [-0.2, 0) is 4.79 Å².